The summed E-state index contributed by atoms with van der Waals surface area (Å²) in [6.45, 7) is 5.24. The number of aryl methyl sites for hydroxylation is 3. The van der Waals surface area contributed by atoms with E-state index in [4.69, 9.17) is 0 Å². The third kappa shape index (κ3) is 6.04. The van der Waals surface area contributed by atoms with Crippen molar-refractivity contribution in [2.24, 2.45) is 0 Å². The standard InChI is InChI=1S/C24H28N4O2/c1-18-16-19(2)28(27-18)15-9-14-25-24(30)22(17-20-10-5-3-6-11-20)26-23(29)21-12-7-4-8-13-21/h3-8,10-13,16,22H,9,14-15,17H2,1-2H3,(H,25,30)(H,26,29). The molecule has 156 valence electrons. The molecule has 6 nitrogen and oxygen atoms in total. The van der Waals surface area contributed by atoms with Gasteiger partial charge < -0.3 is 10.6 Å². The van der Waals surface area contributed by atoms with Crippen LogP contribution in [0.5, 0.6) is 0 Å². The lowest BCUT2D eigenvalue weighted by Crippen LogP contribution is -2.48. The Balaban J connectivity index is 1.59. The van der Waals surface area contributed by atoms with Gasteiger partial charge >= 0.3 is 0 Å². The van der Waals surface area contributed by atoms with Gasteiger partial charge in [0.1, 0.15) is 6.04 Å². The van der Waals surface area contributed by atoms with Crippen LogP contribution in [0.3, 0.4) is 0 Å². The second-order valence-corrected chi connectivity index (χ2v) is 7.38. The second kappa shape index (κ2) is 10.4. The van der Waals surface area contributed by atoms with Crippen molar-refractivity contribution in [1.82, 2.24) is 20.4 Å². The van der Waals surface area contributed by atoms with Crippen LogP contribution >= 0.6 is 0 Å². The fraction of sp³-hybridized carbons (Fsp3) is 0.292. The monoisotopic (exact) mass is 404 g/mol. The van der Waals surface area contributed by atoms with Gasteiger partial charge in [-0.1, -0.05) is 48.5 Å². The van der Waals surface area contributed by atoms with Crippen molar-refractivity contribution in [2.45, 2.75) is 39.3 Å². The van der Waals surface area contributed by atoms with Gasteiger partial charge in [-0.25, -0.2) is 0 Å². The van der Waals surface area contributed by atoms with Crippen LogP contribution in [0.25, 0.3) is 0 Å². The Bertz CT molecular complexity index is 967. The van der Waals surface area contributed by atoms with E-state index < -0.39 is 6.04 Å². The zero-order valence-electron chi connectivity index (χ0n) is 17.5. The number of carbonyl (C=O) groups excluding carboxylic acids is 2. The average molecular weight is 405 g/mol. The Hall–Kier alpha value is -3.41. The van der Waals surface area contributed by atoms with Crippen molar-refractivity contribution in [3.05, 3.63) is 89.2 Å². The molecule has 1 unspecified atom stereocenters. The third-order valence-corrected chi connectivity index (χ3v) is 4.89. The van der Waals surface area contributed by atoms with Gasteiger partial charge in [0, 0.05) is 30.8 Å². The Morgan fingerprint density at radius 1 is 1.00 bits per heavy atom. The largest absolute Gasteiger partial charge is 0.354 e. The summed E-state index contributed by atoms with van der Waals surface area (Å²) >= 11 is 0. The maximum absolute atomic E-state index is 12.8. The van der Waals surface area contributed by atoms with Gasteiger partial charge in [0.2, 0.25) is 5.91 Å². The lowest BCUT2D eigenvalue weighted by Gasteiger charge is -2.19. The number of carbonyl (C=O) groups is 2. The zero-order chi connectivity index (χ0) is 21.3. The number of rotatable bonds is 9. The highest BCUT2D eigenvalue weighted by molar-refractivity contribution is 5.97. The minimum atomic E-state index is -0.645. The molecule has 0 fully saturated rings. The summed E-state index contributed by atoms with van der Waals surface area (Å²) in [5.41, 5.74) is 3.63. The van der Waals surface area contributed by atoms with Crippen molar-refractivity contribution in [1.29, 1.82) is 0 Å². The molecule has 6 heteroatoms. The van der Waals surface area contributed by atoms with Gasteiger partial charge in [-0.15, -0.1) is 0 Å². The fourth-order valence-corrected chi connectivity index (χ4v) is 3.36. The summed E-state index contributed by atoms with van der Waals surface area (Å²) in [6.07, 6.45) is 1.20. The predicted molar refractivity (Wildman–Crippen MR) is 117 cm³/mol. The molecule has 0 aliphatic rings. The van der Waals surface area contributed by atoms with E-state index >= 15 is 0 Å². The number of amides is 2. The van der Waals surface area contributed by atoms with Crippen molar-refractivity contribution in [3.8, 4) is 0 Å². The summed E-state index contributed by atoms with van der Waals surface area (Å²) in [4.78, 5) is 25.5. The Morgan fingerprint density at radius 3 is 2.30 bits per heavy atom. The van der Waals surface area contributed by atoms with Crippen molar-refractivity contribution < 1.29 is 9.59 Å². The van der Waals surface area contributed by atoms with E-state index in [0.29, 0.717) is 18.5 Å². The Morgan fingerprint density at radius 2 is 1.67 bits per heavy atom. The highest BCUT2D eigenvalue weighted by atomic mass is 16.2. The smallest absolute Gasteiger partial charge is 0.251 e. The third-order valence-electron chi connectivity index (χ3n) is 4.89. The molecule has 3 aromatic rings. The molecule has 0 saturated heterocycles. The first-order valence-electron chi connectivity index (χ1n) is 10.2. The quantitative estimate of drug-likeness (QED) is 0.538. The number of benzene rings is 2. The van der Waals surface area contributed by atoms with E-state index in [9.17, 15) is 9.59 Å². The van der Waals surface area contributed by atoms with Gasteiger partial charge in [0.05, 0.1) is 5.69 Å². The maximum Gasteiger partial charge on any atom is 0.251 e. The molecule has 1 aromatic heterocycles. The zero-order valence-corrected chi connectivity index (χ0v) is 17.5. The number of nitrogens with one attached hydrogen (secondary N) is 2. The van der Waals surface area contributed by atoms with Crippen LogP contribution in [0.1, 0.15) is 33.7 Å². The Kier molecular flexibility index (Phi) is 7.38. The number of hydrogen-bond acceptors (Lipinski definition) is 3. The highest BCUT2D eigenvalue weighted by Crippen LogP contribution is 2.06. The van der Waals surface area contributed by atoms with Crippen LogP contribution < -0.4 is 10.6 Å². The molecule has 0 aliphatic carbocycles. The van der Waals surface area contributed by atoms with Crippen LogP contribution in [-0.4, -0.2) is 34.2 Å². The summed E-state index contributed by atoms with van der Waals surface area (Å²) in [5.74, 6) is -0.439. The molecule has 1 heterocycles. The number of aromatic nitrogens is 2. The molecule has 2 aromatic carbocycles. The molecule has 0 aliphatic heterocycles. The minimum Gasteiger partial charge on any atom is -0.354 e. The molecule has 2 N–H and O–H groups in total. The van der Waals surface area contributed by atoms with E-state index in [1.807, 2.05) is 61.0 Å². The molecule has 0 spiro atoms. The van der Waals surface area contributed by atoms with Gasteiger partial charge in [-0.2, -0.15) is 5.10 Å². The lowest BCUT2D eigenvalue weighted by molar-refractivity contribution is -0.122. The van der Waals surface area contributed by atoms with Crippen LogP contribution in [0, 0.1) is 13.8 Å². The highest BCUT2D eigenvalue weighted by Gasteiger charge is 2.21. The van der Waals surface area contributed by atoms with Crippen molar-refractivity contribution in [2.75, 3.05) is 6.54 Å². The summed E-state index contributed by atoms with van der Waals surface area (Å²) < 4.78 is 1.94. The first kappa shape index (κ1) is 21.3. The van der Waals surface area contributed by atoms with Gasteiger partial charge in [-0.05, 0) is 44.0 Å². The van der Waals surface area contributed by atoms with Crippen LogP contribution in [-0.2, 0) is 17.8 Å². The molecule has 0 radical (unpaired) electrons. The number of nitrogens with zero attached hydrogens (tertiary/aromatic N) is 2. The first-order valence-corrected chi connectivity index (χ1v) is 10.2. The van der Waals surface area contributed by atoms with E-state index in [2.05, 4.69) is 15.7 Å². The van der Waals surface area contributed by atoms with Crippen LogP contribution in [0.15, 0.2) is 66.7 Å². The predicted octanol–water partition coefficient (Wildman–Crippen LogP) is 3.05. The van der Waals surface area contributed by atoms with E-state index in [1.54, 1.807) is 24.3 Å². The van der Waals surface area contributed by atoms with Gasteiger partial charge in [-0.3, -0.25) is 14.3 Å². The average Bonchev–Trinajstić information content (AvgIpc) is 3.08. The SMILES string of the molecule is Cc1cc(C)n(CCCNC(=O)C(Cc2ccccc2)NC(=O)c2ccccc2)n1. The van der Waals surface area contributed by atoms with E-state index in [0.717, 1.165) is 29.9 Å². The second-order valence-electron chi connectivity index (χ2n) is 7.38. The van der Waals surface area contributed by atoms with Crippen molar-refractivity contribution >= 4 is 11.8 Å². The first-order chi connectivity index (χ1) is 14.5. The minimum absolute atomic E-state index is 0.184. The maximum atomic E-state index is 12.8. The lowest BCUT2D eigenvalue weighted by atomic mass is 10.0. The number of hydrogen-bond donors (Lipinski definition) is 2. The van der Waals surface area contributed by atoms with E-state index in [-0.39, 0.29) is 11.8 Å². The van der Waals surface area contributed by atoms with Crippen molar-refractivity contribution in [3.63, 3.8) is 0 Å². The van der Waals surface area contributed by atoms with E-state index in [1.165, 1.54) is 0 Å². The molecule has 2 amide bonds. The van der Waals surface area contributed by atoms with Gasteiger partial charge in [0.25, 0.3) is 5.91 Å². The summed E-state index contributed by atoms with van der Waals surface area (Å²) in [5, 5.41) is 10.3. The van der Waals surface area contributed by atoms with Crippen LogP contribution in [0.2, 0.25) is 0 Å². The van der Waals surface area contributed by atoms with Gasteiger partial charge in [0.15, 0.2) is 0 Å². The fourth-order valence-electron chi connectivity index (χ4n) is 3.36. The molecular weight excluding hydrogens is 376 g/mol. The summed E-state index contributed by atoms with van der Waals surface area (Å²) in [7, 11) is 0. The molecule has 0 bridgehead atoms. The Labute approximate surface area is 177 Å². The molecule has 3 rings (SSSR count). The topological polar surface area (TPSA) is 76.0 Å². The molecule has 0 saturated carbocycles. The molecule has 30 heavy (non-hydrogen) atoms. The van der Waals surface area contributed by atoms with Crippen LogP contribution in [0.4, 0.5) is 0 Å². The summed E-state index contributed by atoms with van der Waals surface area (Å²) in [6, 6.07) is 20.0. The normalized spacial score (nSPS) is 11.7. The molecular formula is C24H28N4O2. The molecule has 1 atom stereocenters.